The number of aromatic nitrogens is 1. The van der Waals surface area contributed by atoms with Crippen molar-refractivity contribution in [2.75, 3.05) is 18.0 Å². The zero-order valence-electron chi connectivity index (χ0n) is 10.2. The fourth-order valence-corrected chi connectivity index (χ4v) is 1.63. The highest BCUT2D eigenvalue weighted by Crippen LogP contribution is 2.16. The molecular formula is C12H21ClN2O. The van der Waals surface area contributed by atoms with Crippen molar-refractivity contribution in [1.82, 2.24) is 4.98 Å². The molecule has 0 fully saturated rings. The zero-order valence-corrected chi connectivity index (χ0v) is 11.0. The molecule has 92 valence electrons. The van der Waals surface area contributed by atoms with E-state index >= 15 is 0 Å². The molecule has 0 atom stereocenters. The Morgan fingerprint density at radius 2 is 1.88 bits per heavy atom. The van der Waals surface area contributed by atoms with Gasteiger partial charge >= 0.3 is 0 Å². The summed E-state index contributed by atoms with van der Waals surface area (Å²) in [5.74, 6) is 0.416. The van der Waals surface area contributed by atoms with Crippen molar-refractivity contribution in [2.45, 2.75) is 45.4 Å². The normalized spacial score (nSPS) is 10.7. The van der Waals surface area contributed by atoms with Crippen LogP contribution in [0.4, 0.5) is 6.01 Å². The van der Waals surface area contributed by atoms with Crippen molar-refractivity contribution in [3.05, 3.63) is 12.0 Å². The highest BCUT2D eigenvalue weighted by Gasteiger charge is 2.11. The van der Waals surface area contributed by atoms with Crippen LogP contribution in [-0.4, -0.2) is 18.1 Å². The Morgan fingerprint density at radius 3 is 2.31 bits per heavy atom. The number of anilines is 1. The lowest BCUT2D eigenvalue weighted by Gasteiger charge is -2.19. The molecule has 1 heterocycles. The van der Waals surface area contributed by atoms with Gasteiger partial charge in [-0.1, -0.05) is 26.7 Å². The van der Waals surface area contributed by atoms with E-state index in [0.717, 1.165) is 24.8 Å². The SMILES string of the molecule is CCCCN(CCCC)c1nc(CCl)co1. The van der Waals surface area contributed by atoms with Crippen LogP contribution in [0.3, 0.4) is 0 Å². The van der Waals surface area contributed by atoms with Gasteiger partial charge in [-0.05, 0) is 12.8 Å². The molecule has 1 aromatic heterocycles. The first kappa shape index (κ1) is 13.4. The highest BCUT2D eigenvalue weighted by atomic mass is 35.5. The molecule has 0 aliphatic heterocycles. The van der Waals surface area contributed by atoms with Gasteiger partial charge in [-0.25, -0.2) is 0 Å². The third kappa shape index (κ3) is 4.05. The van der Waals surface area contributed by atoms with Crippen LogP contribution in [0.5, 0.6) is 0 Å². The predicted molar refractivity (Wildman–Crippen MR) is 68.1 cm³/mol. The minimum Gasteiger partial charge on any atom is -0.432 e. The topological polar surface area (TPSA) is 29.3 Å². The molecule has 0 amide bonds. The second kappa shape index (κ2) is 7.55. The molecule has 0 saturated carbocycles. The number of alkyl halides is 1. The average Bonchev–Trinajstić information content (AvgIpc) is 2.78. The molecule has 1 rings (SSSR count). The summed E-state index contributed by atoms with van der Waals surface area (Å²) >= 11 is 5.71. The average molecular weight is 245 g/mol. The molecule has 0 saturated heterocycles. The first-order valence-corrected chi connectivity index (χ1v) is 6.60. The van der Waals surface area contributed by atoms with Gasteiger partial charge < -0.3 is 9.32 Å². The zero-order chi connectivity index (χ0) is 11.8. The van der Waals surface area contributed by atoms with Crippen molar-refractivity contribution >= 4 is 17.6 Å². The van der Waals surface area contributed by atoms with E-state index < -0.39 is 0 Å². The Kier molecular flexibility index (Phi) is 6.31. The van der Waals surface area contributed by atoms with Crippen molar-refractivity contribution in [2.24, 2.45) is 0 Å². The maximum Gasteiger partial charge on any atom is 0.297 e. The Hall–Kier alpha value is -0.700. The van der Waals surface area contributed by atoms with Crippen LogP contribution >= 0.6 is 11.6 Å². The van der Waals surface area contributed by atoms with Gasteiger partial charge in [-0.15, -0.1) is 11.6 Å². The number of hydrogen-bond donors (Lipinski definition) is 0. The lowest BCUT2D eigenvalue weighted by molar-refractivity contribution is 0.521. The predicted octanol–water partition coefficient (Wildman–Crippen LogP) is 3.82. The maximum absolute atomic E-state index is 5.71. The summed E-state index contributed by atoms with van der Waals surface area (Å²) in [6.07, 6.45) is 6.36. The lowest BCUT2D eigenvalue weighted by atomic mass is 10.3. The van der Waals surface area contributed by atoms with E-state index in [-0.39, 0.29) is 0 Å². The number of nitrogens with zero attached hydrogens (tertiary/aromatic N) is 2. The molecule has 1 aromatic rings. The molecular weight excluding hydrogens is 224 g/mol. The van der Waals surface area contributed by atoms with E-state index in [1.54, 1.807) is 6.26 Å². The molecule has 4 heteroatoms. The van der Waals surface area contributed by atoms with Gasteiger partial charge in [0.1, 0.15) is 6.26 Å². The van der Waals surface area contributed by atoms with E-state index in [1.165, 1.54) is 25.7 Å². The quantitative estimate of drug-likeness (QED) is 0.651. The van der Waals surface area contributed by atoms with Gasteiger partial charge in [0.15, 0.2) is 0 Å². The summed E-state index contributed by atoms with van der Waals surface area (Å²) in [7, 11) is 0. The van der Waals surface area contributed by atoms with Crippen molar-refractivity contribution in [3.8, 4) is 0 Å². The summed E-state index contributed by atoms with van der Waals surface area (Å²) in [4.78, 5) is 6.57. The summed E-state index contributed by atoms with van der Waals surface area (Å²) in [6, 6.07) is 0.720. The minimum absolute atomic E-state index is 0.416. The first-order valence-electron chi connectivity index (χ1n) is 6.07. The second-order valence-electron chi connectivity index (χ2n) is 3.95. The number of rotatable bonds is 8. The Labute approximate surface area is 103 Å². The minimum atomic E-state index is 0.416. The number of unbranched alkanes of at least 4 members (excludes halogenated alkanes) is 2. The summed E-state index contributed by atoms with van der Waals surface area (Å²) in [5, 5.41) is 0. The Morgan fingerprint density at radius 1 is 1.25 bits per heavy atom. The van der Waals surface area contributed by atoms with Crippen LogP contribution in [0.25, 0.3) is 0 Å². The van der Waals surface area contributed by atoms with Gasteiger partial charge in [0, 0.05) is 13.1 Å². The second-order valence-corrected chi connectivity index (χ2v) is 4.22. The van der Waals surface area contributed by atoms with E-state index in [4.69, 9.17) is 16.0 Å². The summed E-state index contributed by atoms with van der Waals surface area (Å²) in [5.41, 5.74) is 0.815. The lowest BCUT2D eigenvalue weighted by Crippen LogP contribution is -2.25. The summed E-state index contributed by atoms with van der Waals surface area (Å²) in [6.45, 7) is 6.41. The third-order valence-corrected chi connectivity index (χ3v) is 2.78. The van der Waals surface area contributed by atoms with Crippen molar-refractivity contribution in [3.63, 3.8) is 0 Å². The van der Waals surface area contributed by atoms with Crippen LogP contribution in [-0.2, 0) is 5.88 Å². The standard InChI is InChI=1S/C12H21ClN2O/c1-3-5-7-15(8-6-4-2)12-14-11(9-13)10-16-12/h10H,3-9H2,1-2H3. The maximum atomic E-state index is 5.71. The number of oxazole rings is 1. The summed E-state index contributed by atoms with van der Waals surface area (Å²) < 4.78 is 5.44. The van der Waals surface area contributed by atoms with Gasteiger partial charge in [-0.2, -0.15) is 4.98 Å². The molecule has 0 spiro atoms. The van der Waals surface area contributed by atoms with E-state index in [9.17, 15) is 0 Å². The molecule has 0 N–H and O–H groups in total. The van der Waals surface area contributed by atoms with Gasteiger partial charge in [-0.3, -0.25) is 0 Å². The molecule has 0 unspecified atom stereocenters. The van der Waals surface area contributed by atoms with Crippen LogP contribution in [0, 0.1) is 0 Å². The van der Waals surface area contributed by atoms with Crippen LogP contribution in [0.15, 0.2) is 10.7 Å². The largest absolute Gasteiger partial charge is 0.432 e. The molecule has 0 radical (unpaired) electrons. The molecule has 3 nitrogen and oxygen atoms in total. The Bertz CT molecular complexity index is 280. The fraction of sp³-hybridized carbons (Fsp3) is 0.750. The van der Waals surface area contributed by atoms with Crippen LogP contribution < -0.4 is 4.90 Å². The van der Waals surface area contributed by atoms with Gasteiger partial charge in [0.2, 0.25) is 0 Å². The van der Waals surface area contributed by atoms with Gasteiger partial charge in [0.25, 0.3) is 6.01 Å². The van der Waals surface area contributed by atoms with E-state index in [1.807, 2.05) is 0 Å². The molecule has 16 heavy (non-hydrogen) atoms. The highest BCUT2D eigenvalue weighted by molar-refractivity contribution is 6.16. The molecule has 0 aromatic carbocycles. The molecule has 0 aliphatic carbocycles. The van der Waals surface area contributed by atoms with Crippen molar-refractivity contribution < 1.29 is 4.42 Å². The number of halogens is 1. The van der Waals surface area contributed by atoms with E-state index in [0.29, 0.717) is 5.88 Å². The number of hydrogen-bond acceptors (Lipinski definition) is 3. The smallest absolute Gasteiger partial charge is 0.297 e. The first-order chi connectivity index (χ1) is 7.81. The molecule has 0 aliphatic rings. The third-order valence-electron chi connectivity index (χ3n) is 2.51. The van der Waals surface area contributed by atoms with Crippen LogP contribution in [0.1, 0.15) is 45.2 Å². The van der Waals surface area contributed by atoms with E-state index in [2.05, 4.69) is 23.7 Å². The molecule has 0 bridgehead atoms. The van der Waals surface area contributed by atoms with Crippen molar-refractivity contribution in [1.29, 1.82) is 0 Å². The fourth-order valence-electron chi connectivity index (χ4n) is 1.50. The van der Waals surface area contributed by atoms with Crippen LogP contribution in [0.2, 0.25) is 0 Å². The Balaban J connectivity index is 2.58. The monoisotopic (exact) mass is 244 g/mol. The van der Waals surface area contributed by atoms with Gasteiger partial charge in [0.05, 0.1) is 11.6 Å².